The molecule has 0 aromatic rings. The Hall–Kier alpha value is -0.790. The van der Waals surface area contributed by atoms with Crippen molar-refractivity contribution in [2.75, 3.05) is 0 Å². The normalized spacial score (nSPS) is 29.3. The third-order valence-electron chi connectivity index (χ3n) is 3.15. The van der Waals surface area contributed by atoms with Gasteiger partial charge in [-0.25, -0.2) is 0 Å². The predicted molar refractivity (Wildman–Crippen MR) is 43.6 cm³/mol. The van der Waals surface area contributed by atoms with E-state index in [9.17, 15) is 4.79 Å². The van der Waals surface area contributed by atoms with E-state index in [2.05, 4.69) is 0 Å². The quantitative estimate of drug-likeness (QED) is 0.646. The van der Waals surface area contributed by atoms with E-state index < -0.39 is 5.97 Å². The molecule has 2 heteroatoms. The summed E-state index contributed by atoms with van der Waals surface area (Å²) >= 11 is 0. The summed E-state index contributed by atoms with van der Waals surface area (Å²) in [6.45, 7) is 0. The molecule has 2 fully saturated rings. The van der Waals surface area contributed by atoms with Crippen LogP contribution >= 0.6 is 0 Å². The Kier molecular flexibility index (Phi) is 1.07. The second-order valence-electron chi connectivity index (χ2n) is 4.23. The SMILES string of the molecule is O=C(O)C1C(C2CC2)=C1C1CC1. The highest BCUT2D eigenvalue weighted by Gasteiger charge is 2.53. The van der Waals surface area contributed by atoms with E-state index in [0.29, 0.717) is 11.8 Å². The highest BCUT2D eigenvalue weighted by atomic mass is 16.4. The number of rotatable bonds is 3. The number of carboxylic acid groups (broad SMARTS) is 1. The van der Waals surface area contributed by atoms with Crippen molar-refractivity contribution < 1.29 is 9.90 Å². The zero-order valence-corrected chi connectivity index (χ0v) is 6.92. The van der Waals surface area contributed by atoms with Gasteiger partial charge in [0.2, 0.25) is 0 Å². The minimum atomic E-state index is -0.598. The molecule has 0 bridgehead atoms. The summed E-state index contributed by atoms with van der Waals surface area (Å²) in [6, 6.07) is 0. The molecule has 12 heavy (non-hydrogen) atoms. The van der Waals surface area contributed by atoms with Crippen LogP contribution in [0.1, 0.15) is 25.7 Å². The summed E-state index contributed by atoms with van der Waals surface area (Å²) < 4.78 is 0. The molecule has 0 heterocycles. The van der Waals surface area contributed by atoms with Gasteiger partial charge in [0.05, 0.1) is 5.92 Å². The number of aliphatic carboxylic acids is 1. The molecule has 2 nitrogen and oxygen atoms in total. The first-order valence-corrected chi connectivity index (χ1v) is 4.75. The maximum Gasteiger partial charge on any atom is 0.314 e. The zero-order chi connectivity index (χ0) is 8.29. The van der Waals surface area contributed by atoms with Crippen molar-refractivity contribution in [3.8, 4) is 0 Å². The minimum absolute atomic E-state index is 0.106. The van der Waals surface area contributed by atoms with E-state index in [1.807, 2.05) is 0 Å². The largest absolute Gasteiger partial charge is 0.481 e. The molecule has 0 aromatic heterocycles. The fraction of sp³-hybridized carbons (Fsp3) is 0.700. The molecule has 2 saturated carbocycles. The van der Waals surface area contributed by atoms with Crippen LogP contribution in [0, 0.1) is 17.8 Å². The van der Waals surface area contributed by atoms with Crippen LogP contribution in [0.25, 0.3) is 0 Å². The van der Waals surface area contributed by atoms with Gasteiger partial charge in [0.1, 0.15) is 0 Å². The second kappa shape index (κ2) is 1.93. The van der Waals surface area contributed by atoms with Crippen LogP contribution in [0.5, 0.6) is 0 Å². The van der Waals surface area contributed by atoms with Crippen molar-refractivity contribution in [3.05, 3.63) is 11.1 Å². The maximum absolute atomic E-state index is 10.8. The van der Waals surface area contributed by atoms with Crippen LogP contribution < -0.4 is 0 Å². The van der Waals surface area contributed by atoms with Gasteiger partial charge in [-0.05, 0) is 48.7 Å². The van der Waals surface area contributed by atoms with Gasteiger partial charge in [-0.15, -0.1) is 0 Å². The number of carbonyl (C=O) groups is 1. The molecular weight excluding hydrogens is 152 g/mol. The molecular formula is C10H12O2. The van der Waals surface area contributed by atoms with E-state index in [0.717, 1.165) is 0 Å². The first kappa shape index (κ1) is 6.70. The highest BCUT2D eigenvalue weighted by molar-refractivity contribution is 5.85. The summed E-state index contributed by atoms with van der Waals surface area (Å²) in [5.41, 5.74) is 2.65. The van der Waals surface area contributed by atoms with Gasteiger partial charge in [0.25, 0.3) is 0 Å². The molecule has 0 saturated heterocycles. The molecule has 0 aliphatic heterocycles. The zero-order valence-electron chi connectivity index (χ0n) is 6.92. The Balaban J connectivity index is 1.81. The molecule has 1 N–H and O–H groups in total. The average molecular weight is 164 g/mol. The monoisotopic (exact) mass is 164 g/mol. The second-order valence-corrected chi connectivity index (χ2v) is 4.23. The lowest BCUT2D eigenvalue weighted by Gasteiger charge is -1.90. The van der Waals surface area contributed by atoms with Crippen LogP contribution in [0.2, 0.25) is 0 Å². The molecule has 0 aromatic carbocycles. The first-order valence-electron chi connectivity index (χ1n) is 4.75. The van der Waals surface area contributed by atoms with Gasteiger partial charge >= 0.3 is 5.97 Å². The Morgan fingerprint density at radius 2 is 1.50 bits per heavy atom. The molecule has 0 spiro atoms. The van der Waals surface area contributed by atoms with Crippen LogP contribution in [0.4, 0.5) is 0 Å². The molecule has 64 valence electrons. The van der Waals surface area contributed by atoms with E-state index in [1.54, 1.807) is 0 Å². The third-order valence-corrected chi connectivity index (χ3v) is 3.15. The minimum Gasteiger partial charge on any atom is -0.481 e. The highest BCUT2D eigenvalue weighted by Crippen LogP contribution is 2.61. The van der Waals surface area contributed by atoms with Crippen molar-refractivity contribution in [3.63, 3.8) is 0 Å². The Bertz CT molecular complexity index is 260. The van der Waals surface area contributed by atoms with Gasteiger partial charge < -0.3 is 5.11 Å². The molecule has 3 aliphatic rings. The Morgan fingerprint density at radius 1 is 1.08 bits per heavy atom. The Labute approximate surface area is 71.3 Å². The fourth-order valence-corrected chi connectivity index (χ4v) is 2.25. The lowest BCUT2D eigenvalue weighted by molar-refractivity contribution is -0.138. The van der Waals surface area contributed by atoms with Crippen molar-refractivity contribution in [2.45, 2.75) is 25.7 Å². The van der Waals surface area contributed by atoms with Crippen molar-refractivity contribution >= 4 is 5.97 Å². The molecule has 0 atom stereocenters. The standard InChI is InChI=1S/C10H12O2/c11-10(12)9-7(5-1-2-5)8(9)6-3-4-6/h5-6,9H,1-4H2,(H,11,12). The van der Waals surface area contributed by atoms with Crippen molar-refractivity contribution in [2.24, 2.45) is 17.8 Å². The molecule has 0 amide bonds. The number of hydrogen-bond acceptors (Lipinski definition) is 1. The molecule has 0 unspecified atom stereocenters. The van der Waals surface area contributed by atoms with Gasteiger partial charge in [-0.3, -0.25) is 4.79 Å². The molecule has 3 aliphatic carbocycles. The van der Waals surface area contributed by atoms with Gasteiger partial charge in [-0.2, -0.15) is 0 Å². The van der Waals surface area contributed by atoms with Crippen LogP contribution in [-0.2, 0) is 4.79 Å². The van der Waals surface area contributed by atoms with Crippen LogP contribution in [-0.4, -0.2) is 11.1 Å². The van der Waals surface area contributed by atoms with Gasteiger partial charge in [0.15, 0.2) is 0 Å². The van der Waals surface area contributed by atoms with E-state index in [-0.39, 0.29) is 5.92 Å². The lowest BCUT2D eigenvalue weighted by atomic mass is 10.2. The topological polar surface area (TPSA) is 37.3 Å². The smallest absolute Gasteiger partial charge is 0.314 e. The lowest BCUT2D eigenvalue weighted by Crippen LogP contribution is -2.03. The summed E-state index contributed by atoms with van der Waals surface area (Å²) in [5.74, 6) is 0.659. The van der Waals surface area contributed by atoms with E-state index in [4.69, 9.17) is 5.11 Å². The van der Waals surface area contributed by atoms with Gasteiger partial charge in [0, 0.05) is 0 Å². The number of carboxylic acids is 1. The van der Waals surface area contributed by atoms with Gasteiger partial charge in [-0.1, -0.05) is 0 Å². The molecule has 0 radical (unpaired) electrons. The maximum atomic E-state index is 10.8. The van der Waals surface area contributed by atoms with Crippen LogP contribution in [0.15, 0.2) is 11.1 Å². The van der Waals surface area contributed by atoms with Crippen LogP contribution in [0.3, 0.4) is 0 Å². The summed E-state index contributed by atoms with van der Waals surface area (Å²) in [5, 5.41) is 8.91. The fourth-order valence-electron chi connectivity index (χ4n) is 2.25. The summed E-state index contributed by atoms with van der Waals surface area (Å²) in [7, 11) is 0. The van der Waals surface area contributed by atoms with Crippen molar-refractivity contribution in [1.29, 1.82) is 0 Å². The summed E-state index contributed by atoms with van der Waals surface area (Å²) in [4.78, 5) is 10.8. The Morgan fingerprint density at radius 3 is 1.75 bits per heavy atom. The first-order chi connectivity index (χ1) is 5.79. The third kappa shape index (κ3) is 0.838. The number of hydrogen-bond donors (Lipinski definition) is 1. The summed E-state index contributed by atoms with van der Waals surface area (Å²) in [6.07, 6.45) is 4.98. The average Bonchev–Trinajstić information content (AvgIpc) is 2.87. The van der Waals surface area contributed by atoms with E-state index in [1.165, 1.54) is 36.8 Å². The van der Waals surface area contributed by atoms with E-state index >= 15 is 0 Å². The molecule has 3 rings (SSSR count). The van der Waals surface area contributed by atoms with Crippen molar-refractivity contribution in [1.82, 2.24) is 0 Å². The predicted octanol–water partition coefficient (Wildman–Crippen LogP) is 1.82.